The number of hydrogen-bond acceptors (Lipinski definition) is 4. The summed E-state index contributed by atoms with van der Waals surface area (Å²) in [7, 11) is 3.58. The van der Waals surface area contributed by atoms with Crippen LogP contribution in [0.5, 0.6) is 5.75 Å². The number of halogens is 1. The molecule has 156 valence electrons. The Kier molecular flexibility index (Phi) is 8.58. The first-order chi connectivity index (χ1) is 13.3. The number of amides is 2. The van der Waals surface area contributed by atoms with Crippen LogP contribution in [0.15, 0.2) is 18.2 Å². The van der Waals surface area contributed by atoms with Gasteiger partial charge in [0.15, 0.2) is 0 Å². The van der Waals surface area contributed by atoms with Gasteiger partial charge in [-0.15, -0.1) is 0 Å². The van der Waals surface area contributed by atoms with Crippen molar-refractivity contribution in [3.8, 4) is 5.75 Å². The molecular weight excluding hydrogens is 378 g/mol. The van der Waals surface area contributed by atoms with Gasteiger partial charge in [-0.1, -0.05) is 11.6 Å². The predicted molar refractivity (Wildman–Crippen MR) is 112 cm³/mol. The Balaban J connectivity index is 2.02. The second-order valence-electron chi connectivity index (χ2n) is 7.69. The summed E-state index contributed by atoms with van der Waals surface area (Å²) in [4.78, 5) is 25.0. The smallest absolute Gasteiger partial charge is 0.251 e. The summed E-state index contributed by atoms with van der Waals surface area (Å²) in [6.07, 6.45) is 4.95. The highest BCUT2D eigenvalue weighted by atomic mass is 35.5. The topological polar surface area (TPSA) is 79.5 Å². The van der Waals surface area contributed by atoms with Crippen molar-refractivity contribution in [2.75, 3.05) is 14.1 Å². The molecule has 2 amide bonds. The van der Waals surface area contributed by atoms with Crippen LogP contribution in [-0.2, 0) is 4.79 Å². The minimum Gasteiger partial charge on any atom is -0.489 e. The number of ether oxygens (including phenoxy) is 1. The van der Waals surface area contributed by atoms with Gasteiger partial charge in [-0.25, -0.2) is 0 Å². The molecule has 0 aliphatic heterocycles. The summed E-state index contributed by atoms with van der Waals surface area (Å²) in [5.41, 5.74) is 0.411. The highest BCUT2D eigenvalue weighted by Crippen LogP contribution is 2.29. The average molecular weight is 410 g/mol. The molecule has 0 saturated heterocycles. The monoisotopic (exact) mass is 409 g/mol. The van der Waals surface area contributed by atoms with Crippen molar-refractivity contribution >= 4 is 23.4 Å². The van der Waals surface area contributed by atoms with Gasteiger partial charge in [0.05, 0.1) is 11.1 Å². The van der Waals surface area contributed by atoms with E-state index in [2.05, 4.69) is 16.0 Å². The number of hydrogen-bond donors (Lipinski definition) is 3. The summed E-state index contributed by atoms with van der Waals surface area (Å²) in [5.74, 6) is 0.487. The Hall–Kier alpha value is -1.79. The number of benzene rings is 1. The van der Waals surface area contributed by atoms with Crippen molar-refractivity contribution in [1.29, 1.82) is 0 Å². The second-order valence-corrected chi connectivity index (χ2v) is 8.10. The molecule has 1 aliphatic carbocycles. The average Bonchev–Trinajstić information content (AvgIpc) is 2.68. The van der Waals surface area contributed by atoms with E-state index in [4.69, 9.17) is 16.3 Å². The molecule has 1 atom stereocenters. The van der Waals surface area contributed by atoms with Crippen molar-refractivity contribution in [2.24, 2.45) is 5.92 Å². The van der Waals surface area contributed by atoms with Gasteiger partial charge in [0, 0.05) is 18.7 Å². The van der Waals surface area contributed by atoms with Crippen LogP contribution < -0.4 is 20.7 Å². The highest BCUT2D eigenvalue weighted by Gasteiger charge is 2.27. The lowest BCUT2D eigenvalue weighted by atomic mass is 9.82. The Labute approximate surface area is 172 Å². The molecule has 0 aromatic heterocycles. The maximum Gasteiger partial charge on any atom is 0.251 e. The third kappa shape index (κ3) is 6.38. The molecule has 0 spiro atoms. The van der Waals surface area contributed by atoms with Gasteiger partial charge in [-0.05, 0) is 77.1 Å². The standard InChI is InChI=1S/C21H32ClN3O3/c1-13(2)28-19-10-7-15(12-17(19)22)20(26)25-18(21(27)24-4)11-14-5-8-16(23-3)9-6-14/h7,10,12-14,16,18,23H,5-6,8-9,11H2,1-4H3,(H,24,27)(H,25,26). The van der Waals surface area contributed by atoms with E-state index in [1.807, 2.05) is 20.9 Å². The fraction of sp³-hybridized carbons (Fsp3) is 0.619. The molecule has 0 heterocycles. The van der Waals surface area contributed by atoms with E-state index < -0.39 is 6.04 Å². The fourth-order valence-corrected chi connectivity index (χ4v) is 3.88. The Bertz CT molecular complexity index is 673. The Morgan fingerprint density at radius 2 is 1.86 bits per heavy atom. The number of nitrogens with one attached hydrogen (secondary N) is 3. The van der Waals surface area contributed by atoms with Gasteiger partial charge in [-0.3, -0.25) is 9.59 Å². The van der Waals surface area contributed by atoms with Crippen molar-refractivity contribution in [3.63, 3.8) is 0 Å². The summed E-state index contributed by atoms with van der Waals surface area (Å²) in [5, 5.41) is 9.23. The molecule has 1 unspecified atom stereocenters. The molecular formula is C21H32ClN3O3. The van der Waals surface area contributed by atoms with E-state index in [0.29, 0.717) is 34.7 Å². The maximum absolute atomic E-state index is 12.7. The van der Waals surface area contributed by atoms with Crippen LogP contribution in [0.1, 0.15) is 56.3 Å². The molecule has 6 nitrogen and oxygen atoms in total. The van der Waals surface area contributed by atoms with Gasteiger partial charge in [-0.2, -0.15) is 0 Å². The van der Waals surface area contributed by atoms with E-state index in [1.54, 1.807) is 25.2 Å². The van der Waals surface area contributed by atoms with Crippen LogP contribution in [0.25, 0.3) is 0 Å². The first-order valence-corrected chi connectivity index (χ1v) is 10.4. The first-order valence-electron chi connectivity index (χ1n) is 10.00. The van der Waals surface area contributed by atoms with Crippen molar-refractivity contribution < 1.29 is 14.3 Å². The molecule has 1 saturated carbocycles. The molecule has 7 heteroatoms. The fourth-order valence-electron chi connectivity index (χ4n) is 3.66. The number of likely N-dealkylation sites (N-methyl/N-ethyl adjacent to an activating group) is 1. The molecule has 1 fully saturated rings. The Morgan fingerprint density at radius 1 is 1.18 bits per heavy atom. The van der Waals surface area contributed by atoms with Crippen LogP contribution in [0, 0.1) is 5.92 Å². The lowest BCUT2D eigenvalue weighted by molar-refractivity contribution is -0.123. The summed E-state index contributed by atoms with van der Waals surface area (Å²) >= 11 is 6.24. The van der Waals surface area contributed by atoms with E-state index in [-0.39, 0.29) is 17.9 Å². The molecule has 0 bridgehead atoms. The quantitative estimate of drug-likeness (QED) is 0.616. The van der Waals surface area contributed by atoms with Crippen molar-refractivity contribution in [3.05, 3.63) is 28.8 Å². The van der Waals surface area contributed by atoms with Gasteiger partial charge in [0.1, 0.15) is 11.8 Å². The van der Waals surface area contributed by atoms with E-state index in [1.165, 1.54) is 0 Å². The zero-order valence-electron chi connectivity index (χ0n) is 17.2. The molecule has 1 aliphatic rings. The van der Waals surface area contributed by atoms with Gasteiger partial charge >= 0.3 is 0 Å². The first kappa shape index (κ1) is 22.5. The highest BCUT2D eigenvalue weighted by molar-refractivity contribution is 6.32. The molecule has 1 aromatic rings. The second kappa shape index (κ2) is 10.7. The van der Waals surface area contributed by atoms with E-state index in [9.17, 15) is 9.59 Å². The SMILES string of the molecule is CNC(=O)C(CC1CCC(NC)CC1)NC(=O)c1ccc(OC(C)C)c(Cl)c1. The summed E-state index contributed by atoms with van der Waals surface area (Å²) in [6, 6.07) is 4.92. The van der Waals surface area contributed by atoms with Gasteiger partial charge < -0.3 is 20.7 Å². The largest absolute Gasteiger partial charge is 0.489 e. The van der Waals surface area contributed by atoms with Crippen molar-refractivity contribution in [2.45, 2.75) is 64.1 Å². The maximum atomic E-state index is 12.7. The summed E-state index contributed by atoms with van der Waals surface area (Å²) < 4.78 is 5.60. The van der Waals surface area contributed by atoms with Crippen LogP contribution in [-0.4, -0.2) is 44.1 Å². The zero-order chi connectivity index (χ0) is 20.7. The lowest BCUT2D eigenvalue weighted by Crippen LogP contribution is -2.47. The van der Waals surface area contributed by atoms with E-state index >= 15 is 0 Å². The normalized spacial score (nSPS) is 20.5. The summed E-state index contributed by atoms with van der Waals surface area (Å²) in [6.45, 7) is 3.82. The molecule has 1 aromatic carbocycles. The lowest BCUT2D eigenvalue weighted by Gasteiger charge is -2.30. The third-order valence-corrected chi connectivity index (χ3v) is 5.54. The van der Waals surface area contributed by atoms with Crippen LogP contribution in [0.3, 0.4) is 0 Å². The van der Waals surface area contributed by atoms with Gasteiger partial charge in [0.25, 0.3) is 5.91 Å². The van der Waals surface area contributed by atoms with Crippen LogP contribution in [0.4, 0.5) is 0 Å². The minimum atomic E-state index is -0.556. The molecule has 2 rings (SSSR count). The van der Waals surface area contributed by atoms with Gasteiger partial charge in [0.2, 0.25) is 5.91 Å². The minimum absolute atomic E-state index is 0.00666. The number of rotatable bonds is 8. The molecule has 0 radical (unpaired) electrons. The van der Waals surface area contributed by atoms with Crippen molar-refractivity contribution in [1.82, 2.24) is 16.0 Å². The molecule has 28 heavy (non-hydrogen) atoms. The van der Waals surface area contributed by atoms with Crippen LogP contribution >= 0.6 is 11.6 Å². The third-order valence-electron chi connectivity index (χ3n) is 5.25. The number of carbonyl (C=O) groups is 2. The predicted octanol–water partition coefficient (Wildman–Crippen LogP) is 3.14. The molecule has 3 N–H and O–H groups in total. The van der Waals surface area contributed by atoms with Crippen LogP contribution in [0.2, 0.25) is 5.02 Å². The van der Waals surface area contributed by atoms with E-state index in [0.717, 1.165) is 25.7 Å². The Morgan fingerprint density at radius 3 is 2.39 bits per heavy atom. The number of carbonyl (C=O) groups excluding carboxylic acids is 2. The zero-order valence-corrected chi connectivity index (χ0v) is 17.9.